The van der Waals surface area contributed by atoms with Crippen molar-refractivity contribution in [3.8, 4) is 11.5 Å². The van der Waals surface area contributed by atoms with Gasteiger partial charge in [0.25, 0.3) is 0 Å². The second-order valence-corrected chi connectivity index (χ2v) is 9.02. The number of hydrogen-bond donors (Lipinski definition) is 6. The van der Waals surface area contributed by atoms with Crippen molar-refractivity contribution >= 4 is 36.8 Å². The number of urea groups is 1. The van der Waals surface area contributed by atoms with E-state index in [1.807, 2.05) is 0 Å². The molecule has 0 spiro atoms. The molecular formula is C23H23BF2N6O9. The molecule has 2 aliphatic rings. The quantitative estimate of drug-likeness (QED) is 0.161. The highest BCUT2D eigenvalue weighted by atomic mass is 19.1. The van der Waals surface area contributed by atoms with E-state index in [1.54, 1.807) is 0 Å². The Balaban J connectivity index is 1.58. The minimum atomic E-state index is -1.95. The smallest absolute Gasteiger partial charge is 0.534 e. The Labute approximate surface area is 230 Å². The van der Waals surface area contributed by atoms with Gasteiger partial charge in [-0.2, -0.15) is 0 Å². The van der Waals surface area contributed by atoms with Gasteiger partial charge in [-0.05, 0) is 18.1 Å². The number of nitrogens with two attached hydrogens (primary N) is 1. The number of pyridine rings is 1. The topological polar surface area (TPSA) is 225 Å². The SMILES string of the molecule is NCCN1CCN(C(=O)NC(C(=O)N[C@H]2Cc3ccc(F)c(C(=O)O)c3OB2O)c2ncc(O)cc2F)C(=O)C1=O. The van der Waals surface area contributed by atoms with Crippen molar-refractivity contribution < 1.29 is 52.6 Å². The van der Waals surface area contributed by atoms with E-state index < -0.39 is 83.2 Å². The van der Waals surface area contributed by atoms with Gasteiger partial charge in [0.05, 0.1) is 12.1 Å². The summed E-state index contributed by atoms with van der Waals surface area (Å²) in [6.45, 7) is -0.150. The fourth-order valence-electron chi connectivity index (χ4n) is 4.37. The van der Waals surface area contributed by atoms with Gasteiger partial charge >= 0.3 is 30.9 Å². The third kappa shape index (κ3) is 5.87. The minimum Gasteiger partial charge on any atom is -0.534 e. The van der Waals surface area contributed by atoms with Crippen LogP contribution in [0.3, 0.4) is 0 Å². The molecule has 0 saturated carbocycles. The van der Waals surface area contributed by atoms with Crippen LogP contribution in [-0.2, 0) is 20.8 Å². The molecule has 0 aliphatic carbocycles. The molecular weight excluding hydrogens is 553 g/mol. The summed E-state index contributed by atoms with van der Waals surface area (Å²) in [5.41, 5.74) is 4.03. The molecule has 4 rings (SSSR count). The van der Waals surface area contributed by atoms with Crippen LogP contribution in [0.4, 0.5) is 13.6 Å². The molecule has 3 heterocycles. The Morgan fingerprint density at radius 3 is 2.59 bits per heavy atom. The summed E-state index contributed by atoms with van der Waals surface area (Å²) in [7, 11) is -1.89. The number of fused-ring (bicyclic) bond motifs is 1. The molecule has 5 amide bonds. The summed E-state index contributed by atoms with van der Waals surface area (Å²) in [5, 5.41) is 33.8. The van der Waals surface area contributed by atoms with Gasteiger partial charge in [-0.1, -0.05) is 6.07 Å². The number of halogens is 2. The van der Waals surface area contributed by atoms with Crippen molar-refractivity contribution in [3.63, 3.8) is 0 Å². The summed E-state index contributed by atoms with van der Waals surface area (Å²) in [4.78, 5) is 67.9. The zero-order valence-electron chi connectivity index (χ0n) is 21.0. The summed E-state index contributed by atoms with van der Waals surface area (Å²) < 4.78 is 34.0. The Morgan fingerprint density at radius 2 is 1.93 bits per heavy atom. The molecule has 15 nitrogen and oxygen atoms in total. The summed E-state index contributed by atoms with van der Waals surface area (Å²) in [6, 6.07) is -0.518. The van der Waals surface area contributed by atoms with Crippen LogP contribution < -0.4 is 21.0 Å². The van der Waals surface area contributed by atoms with Crippen molar-refractivity contribution in [1.82, 2.24) is 25.4 Å². The van der Waals surface area contributed by atoms with Crippen LogP contribution in [0.1, 0.15) is 27.7 Å². The molecule has 1 aromatic carbocycles. The molecule has 0 radical (unpaired) electrons. The van der Waals surface area contributed by atoms with E-state index in [-0.39, 0.29) is 38.2 Å². The van der Waals surface area contributed by atoms with Crippen LogP contribution in [0.2, 0.25) is 0 Å². The number of aromatic hydroxyl groups is 1. The molecule has 1 fully saturated rings. The van der Waals surface area contributed by atoms with Crippen molar-refractivity contribution in [1.29, 1.82) is 0 Å². The number of nitrogens with one attached hydrogen (secondary N) is 2. The average Bonchev–Trinajstić information content (AvgIpc) is 2.90. The van der Waals surface area contributed by atoms with Crippen LogP contribution >= 0.6 is 0 Å². The van der Waals surface area contributed by atoms with Crippen molar-refractivity contribution in [2.75, 3.05) is 26.2 Å². The Kier molecular flexibility index (Phi) is 8.34. The van der Waals surface area contributed by atoms with E-state index in [4.69, 9.17) is 10.4 Å². The first-order chi connectivity index (χ1) is 19.4. The van der Waals surface area contributed by atoms with Crippen LogP contribution in [0.15, 0.2) is 24.4 Å². The average molecular weight is 576 g/mol. The van der Waals surface area contributed by atoms with Crippen molar-refractivity contribution in [2.45, 2.75) is 18.4 Å². The molecule has 7 N–H and O–H groups in total. The van der Waals surface area contributed by atoms with Gasteiger partial charge in [0.1, 0.15) is 28.6 Å². The zero-order chi connectivity index (χ0) is 30.0. The standard InChI is InChI=1S/C23H23BF2N6O9/c25-12-2-1-10-7-14(24(40)41-18(10)15(12)22(37)38)29-19(34)17(16-13(26)8-11(33)9-28-16)30-23(39)32-6-5-31(4-3-27)20(35)21(32)36/h1-2,8-9,14,17,33,40H,3-7,27H2,(H,29,34)(H,30,39)(H,37,38)/t14-,17?/m0/s1. The van der Waals surface area contributed by atoms with Gasteiger partial charge in [0.15, 0.2) is 11.9 Å². The number of nitrogens with zero attached hydrogens (tertiary/aromatic N) is 3. The van der Waals surface area contributed by atoms with E-state index in [1.165, 1.54) is 6.07 Å². The number of aromatic nitrogens is 1. The lowest BCUT2D eigenvalue weighted by Gasteiger charge is -2.33. The summed E-state index contributed by atoms with van der Waals surface area (Å²) >= 11 is 0. The first-order valence-corrected chi connectivity index (χ1v) is 12.1. The fourth-order valence-corrected chi connectivity index (χ4v) is 4.37. The highest BCUT2D eigenvalue weighted by Gasteiger charge is 2.42. The van der Waals surface area contributed by atoms with E-state index >= 15 is 0 Å². The predicted octanol–water partition coefficient (Wildman–Crippen LogP) is -1.72. The number of carbonyl (C=O) groups is 5. The number of carbonyl (C=O) groups excluding carboxylic acids is 4. The highest BCUT2D eigenvalue weighted by molar-refractivity contribution is 6.47. The number of rotatable bonds is 7. The monoisotopic (exact) mass is 576 g/mol. The van der Waals surface area contributed by atoms with Gasteiger partial charge in [-0.15, -0.1) is 0 Å². The number of carboxylic acids is 1. The van der Waals surface area contributed by atoms with E-state index in [0.29, 0.717) is 11.0 Å². The van der Waals surface area contributed by atoms with E-state index in [2.05, 4.69) is 15.6 Å². The van der Waals surface area contributed by atoms with Gasteiger partial charge < -0.3 is 41.2 Å². The molecule has 2 aliphatic heterocycles. The lowest BCUT2D eigenvalue weighted by molar-refractivity contribution is -0.153. The maximum Gasteiger partial charge on any atom is 0.547 e. The maximum atomic E-state index is 14.8. The summed E-state index contributed by atoms with van der Waals surface area (Å²) in [5.74, 6) is -9.70. The number of imide groups is 1. The number of aromatic carboxylic acids is 1. The molecule has 1 aromatic heterocycles. The molecule has 2 atom stereocenters. The largest absolute Gasteiger partial charge is 0.547 e. The van der Waals surface area contributed by atoms with Gasteiger partial charge in [-0.3, -0.25) is 24.3 Å². The molecule has 41 heavy (non-hydrogen) atoms. The third-order valence-electron chi connectivity index (χ3n) is 6.36. The highest BCUT2D eigenvalue weighted by Crippen LogP contribution is 2.32. The molecule has 2 aromatic rings. The second kappa shape index (κ2) is 11.7. The van der Waals surface area contributed by atoms with Crippen LogP contribution in [-0.4, -0.2) is 99.0 Å². The van der Waals surface area contributed by atoms with E-state index in [9.17, 15) is 48.0 Å². The van der Waals surface area contributed by atoms with Crippen LogP contribution in [0.25, 0.3) is 0 Å². The number of hydrogen-bond acceptors (Lipinski definition) is 10. The molecule has 18 heteroatoms. The summed E-state index contributed by atoms with van der Waals surface area (Å²) in [6.07, 6.45) is 0.535. The number of amides is 5. The Morgan fingerprint density at radius 1 is 1.20 bits per heavy atom. The van der Waals surface area contributed by atoms with Gasteiger partial charge in [-0.25, -0.2) is 18.4 Å². The van der Waals surface area contributed by atoms with Gasteiger partial charge in [0.2, 0.25) is 5.91 Å². The maximum absolute atomic E-state index is 14.8. The Hall–Kier alpha value is -4.84. The first-order valence-electron chi connectivity index (χ1n) is 12.1. The third-order valence-corrected chi connectivity index (χ3v) is 6.36. The lowest BCUT2D eigenvalue weighted by atomic mass is 9.72. The number of piperazine rings is 1. The molecule has 0 bridgehead atoms. The van der Waals surface area contributed by atoms with Gasteiger partial charge in [0, 0.05) is 32.2 Å². The van der Waals surface area contributed by atoms with Crippen molar-refractivity contribution in [3.05, 3.63) is 52.9 Å². The van der Waals surface area contributed by atoms with Crippen LogP contribution in [0.5, 0.6) is 11.5 Å². The van der Waals surface area contributed by atoms with Crippen molar-refractivity contribution in [2.24, 2.45) is 5.73 Å². The second-order valence-electron chi connectivity index (χ2n) is 9.02. The lowest BCUT2D eigenvalue weighted by Crippen LogP contribution is -2.60. The molecule has 1 unspecified atom stereocenters. The molecule has 1 saturated heterocycles. The Bertz CT molecular complexity index is 1430. The molecule has 216 valence electrons. The predicted molar refractivity (Wildman–Crippen MR) is 132 cm³/mol. The minimum absolute atomic E-state index is 0.0399. The zero-order valence-corrected chi connectivity index (χ0v) is 21.0. The normalized spacial score (nSPS) is 17.5. The van der Waals surface area contributed by atoms with E-state index in [0.717, 1.165) is 17.2 Å². The fraction of sp³-hybridized carbons (Fsp3) is 0.304. The van der Waals surface area contributed by atoms with Crippen LogP contribution in [0, 0.1) is 11.6 Å². The first kappa shape index (κ1) is 29.2. The number of carboxylic acid groups (broad SMARTS) is 1. The number of benzene rings is 1.